The van der Waals surface area contributed by atoms with Crippen molar-refractivity contribution in [3.8, 4) is 0 Å². The van der Waals surface area contributed by atoms with E-state index in [0.29, 0.717) is 12.8 Å². The van der Waals surface area contributed by atoms with Crippen LogP contribution < -0.4 is 4.90 Å². The number of halogens is 1. The summed E-state index contributed by atoms with van der Waals surface area (Å²) < 4.78 is 0. The Balaban J connectivity index is 2.02. The zero-order chi connectivity index (χ0) is 15.1. The fraction of sp³-hybridized carbons (Fsp3) is 0.571. The Labute approximate surface area is 127 Å². The molecule has 2 aliphatic heterocycles. The third kappa shape index (κ3) is 2.37. The molecule has 2 aliphatic rings. The molecule has 0 radical (unpaired) electrons. The quantitative estimate of drug-likeness (QED) is 0.660. The summed E-state index contributed by atoms with van der Waals surface area (Å²) in [4.78, 5) is 12.6. The molecule has 0 aliphatic carbocycles. The molecular formula is C14H17ClN2O4. The van der Waals surface area contributed by atoms with Gasteiger partial charge in [0.15, 0.2) is 0 Å². The molecule has 6 nitrogen and oxygen atoms in total. The van der Waals surface area contributed by atoms with Crippen LogP contribution in [-0.4, -0.2) is 33.3 Å². The highest BCUT2D eigenvalue weighted by Crippen LogP contribution is 2.44. The Bertz CT molecular complexity index is 566. The number of benzene rings is 1. The summed E-state index contributed by atoms with van der Waals surface area (Å²) in [5.74, 6) is 0. The van der Waals surface area contributed by atoms with Gasteiger partial charge in [-0.05, 0) is 31.7 Å². The summed E-state index contributed by atoms with van der Waals surface area (Å²) >= 11 is 6.32. The van der Waals surface area contributed by atoms with E-state index in [9.17, 15) is 20.3 Å². The molecule has 2 N–H and O–H groups in total. The van der Waals surface area contributed by atoms with Gasteiger partial charge in [0.1, 0.15) is 0 Å². The van der Waals surface area contributed by atoms with Crippen LogP contribution in [0.2, 0.25) is 5.02 Å². The molecule has 3 rings (SSSR count). The molecule has 0 amide bonds. The van der Waals surface area contributed by atoms with Crippen LogP contribution in [0.4, 0.5) is 11.4 Å². The first-order valence-corrected chi connectivity index (χ1v) is 7.43. The van der Waals surface area contributed by atoms with Gasteiger partial charge in [-0.15, -0.1) is 0 Å². The molecule has 2 heterocycles. The number of fused-ring (bicyclic) bond motifs is 2. The number of nitro benzene ring substituents is 1. The molecule has 0 spiro atoms. The van der Waals surface area contributed by atoms with Crippen molar-refractivity contribution in [2.45, 2.75) is 50.5 Å². The van der Waals surface area contributed by atoms with Gasteiger partial charge >= 0.3 is 0 Å². The predicted molar refractivity (Wildman–Crippen MR) is 78.6 cm³/mol. The fourth-order valence-electron chi connectivity index (χ4n) is 3.66. The molecule has 1 aromatic rings. The van der Waals surface area contributed by atoms with E-state index in [1.54, 1.807) is 6.07 Å². The number of hydrogen-bond acceptors (Lipinski definition) is 5. The molecule has 114 valence electrons. The minimum Gasteiger partial charge on any atom is -0.393 e. The number of nitrogens with zero attached hydrogens (tertiary/aromatic N) is 2. The summed E-state index contributed by atoms with van der Waals surface area (Å²) in [5.41, 5.74) is 0.728. The topological polar surface area (TPSA) is 86.8 Å². The molecular weight excluding hydrogens is 296 g/mol. The van der Waals surface area contributed by atoms with E-state index < -0.39 is 11.5 Å². The van der Waals surface area contributed by atoms with Crippen molar-refractivity contribution in [1.29, 1.82) is 0 Å². The third-order valence-corrected chi connectivity index (χ3v) is 4.96. The SMILES string of the molecule is O=[N+]([O-])c1ccc(N2[C@@H]3CC[C@H]2CC(O)C3)c(Cl)c1CO. The van der Waals surface area contributed by atoms with Crippen LogP contribution in [0.5, 0.6) is 0 Å². The van der Waals surface area contributed by atoms with Crippen LogP contribution in [0.25, 0.3) is 0 Å². The minimum absolute atomic E-state index is 0.157. The second-order valence-corrected chi connectivity index (χ2v) is 6.11. The Morgan fingerprint density at radius 2 is 1.95 bits per heavy atom. The molecule has 2 bridgehead atoms. The highest BCUT2D eigenvalue weighted by Gasteiger charge is 2.41. The Hall–Kier alpha value is -1.37. The largest absolute Gasteiger partial charge is 0.393 e. The third-order valence-electron chi connectivity index (χ3n) is 4.54. The summed E-state index contributed by atoms with van der Waals surface area (Å²) in [6.45, 7) is -0.464. The van der Waals surface area contributed by atoms with Gasteiger partial charge in [-0.1, -0.05) is 11.6 Å². The first-order chi connectivity index (χ1) is 10.0. The van der Waals surface area contributed by atoms with E-state index in [-0.39, 0.29) is 34.5 Å². The Morgan fingerprint density at radius 1 is 1.33 bits per heavy atom. The van der Waals surface area contributed by atoms with Gasteiger partial charge < -0.3 is 15.1 Å². The second-order valence-electron chi connectivity index (χ2n) is 5.73. The summed E-state index contributed by atoms with van der Waals surface area (Å²) in [7, 11) is 0. The zero-order valence-corrected chi connectivity index (χ0v) is 12.2. The molecule has 1 unspecified atom stereocenters. The maximum Gasteiger partial charge on any atom is 0.276 e. The number of nitro groups is 1. The van der Waals surface area contributed by atoms with Crippen LogP contribution in [0, 0.1) is 10.1 Å². The Kier molecular flexibility index (Phi) is 3.77. The maximum absolute atomic E-state index is 11.0. The molecule has 21 heavy (non-hydrogen) atoms. The van der Waals surface area contributed by atoms with E-state index in [1.807, 2.05) is 0 Å². The van der Waals surface area contributed by atoms with Crippen LogP contribution in [-0.2, 0) is 6.61 Å². The smallest absolute Gasteiger partial charge is 0.276 e. The normalized spacial score (nSPS) is 28.0. The van der Waals surface area contributed by atoms with Crippen molar-refractivity contribution in [3.05, 3.63) is 32.8 Å². The lowest BCUT2D eigenvalue weighted by molar-refractivity contribution is -0.385. The highest BCUT2D eigenvalue weighted by molar-refractivity contribution is 6.34. The standard InChI is InChI=1S/C14H17ClN2O4/c15-14-11(7-18)12(17(20)21)3-4-13(14)16-8-1-2-9(16)6-10(19)5-8/h3-4,8-10,18-19H,1-2,5-7H2/t8-,9+,10?. The number of anilines is 1. The van der Waals surface area contributed by atoms with Gasteiger partial charge in [0, 0.05) is 18.2 Å². The average Bonchev–Trinajstić information content (AvgIpc) is 2.70. The van der Waals surface area contributed by atoms with Crippen molar-refractivity contribution in [1.82, 2.24) is 0 Å². The van der Waals surface area contributed by atoms with E-state index in [4.69, 9.17) is 11.6 Å². The van der Waals surface area contributed by atoms with Crippen molar-refractivity contribution in [2.75, 3.05) is 4.90 Å². The van der Waals surface area contributed by atoms with Gasteiger partial charge in [0.05, 0.1) is 33.9 Å². The lowest BCUT2D eigenvalue weighted by atomic mass is 9.98. The lowest BCUT2D eigenvalue weighted by Gasteiger charge is -2.39. The molecule has 0 aromatic heterocycles. The Morgan fingerprint density at radius 3 is 2.48 bits per heavy atom. The van der Waals surface area contributed by atoms with Crippen LogP contribution in [0.15, 0.2) is 12.1 Å². The summed E-state index contributed by atoms with van der Waals surface area (Å²) in [5, 5.41) is 30.5. The first kappa shape index (κ1) is 14.6. The lowest BCUT2D eigenvalue weighted by Crippen LogP contribution is -2.45. The predicted octanol–water partition coefficient (Wildman–Crippen LogP) is 2.23. The van der Waals surface area contributed by atoms with Gasteiger partial charge in [0.25, 0.3) is 5.69 Å². The first-order valence-electron chi connectivity index (χ1n) is 7.06. The minimum atomic E-state index is -0.532. The number of aliphatic hydroxyl groups excluding tert-OH is 2. The molecule has 2 fully saturated rings. The van der Waals surface area contributed by atoms with E-state index in [1.165, 1.54) is 6.07 Å². The van der Waals surface area contributed by atoms with Gasteiger partial charge in [-0.2, -0.15) is 0 Å². The van der Waals surface area contributed by atoms with Crippen LogP contribution in [0.3, 0.4) is 0 Å². The number of piperidine rings is 1. The van der Waals surface area contributed by atoms with Gasteiger partial charge in [0.2, 0.25) is 0 Å². The van der Waals surface area contributed by atoms with Crippen molar-refractivity contribution >= 4 is 23.0 Å². The number of rotatable bonds is 3. The van der Waals surface area contributed by atoms with Crippen molar-refractivity contribution < 1.29 is 15.1 Å². The molecule has 3 atom stereocenters. The van der Waals surface area contributed by atoms with Crippen LogP contribution >= 0.6 is 11.6 Å². The molecule has 0 saturated carbocycles. The average molecular weight is 313 g/mol. The highest BCUT2D eigenvalue weighted by atomic mass is 35.5. The summed E-state index contributed by atoms with van der Waals surface area (Å²) in [6, 6.07) is 3.48. The molecule has 7 heteroatoms. The van der Waals surface area contributed by atoms with Gasteiger partial charge in [-0.3, -0.25) is 10.1 Å². The van der Waals surface area contributed by atoms with E-state index in [0.717, 1.165) is 18.5 Å². The molecule has 2 saturated heterocycles. The number of aliphatic hydroxyl groups is 2. The van der Waals surface area contributed by atoms with E-state index in [2.05, 4.69) is 4.90 Å². The zero-order valence-electron chi connectivity index (χ0n) is 11.4. The monoisotopic (exact) mass is 312 g/mol. The fourth-order valence-corrected chi connectivity index (χ4v) is 3.98. The van der Waals surface area contributed by atoms with E-state index >= 15 is 0 Å². The molecule has 1 aromatic carbocycles. The van der Waals surface area contributed by atoms with Gasteiger partial charge in [-0.25, -0.2) is 0 Å². The summed E-state index contributed by atoms with van der Waals surface area (Å²) in [6.07, 6.45) is 3.08. The van der Waals surface area contributed by atoms with Crippen LogP contribution in [0.1, 0.15) is 31.2 Å². The second kappa shape index (κ2) is 5.44. The maximum atomic E-state index is 11.0. The number of hydrogen-bond donors (Lipinski definition) is 2. The van der Waals surface area contributed by atoms with Crippen molar-refractivity contribution in [3.63, 3.8) is 0 Å². The van der Waals surface area contributed by atoms with Crippen molar-refractivity contribution in [2.24, 2.45) is 0 Å².